The van der Waals surface area contributed by atoms with Crippen LogP contribution in [0.15, 0.2) is 18.2 Å². The molecule has 0 aliphatic carbocycles. The van der Waals surface area contributed by atoms with Gasteiger partial charge in [0.2, 0.25) is 0 Å². The van der Waals surface area contributed by atoms with E-state index in [1.165, 1.54) is 18.2 Å². The molecule has 1 nitrogen and oxygen atoms in total. The Morgan fingerprint density at radius 3 is 2.15 bits per heavy atom. The van der Waals surface area contributed by atoms with E-state index in [0.29, 0.717) is 15.7 Å². The summed E-state index contributed by atoms with van der Waals surface area (Å²) in [6.45, 7) is -0.406. The lowest BCUT2D eigenvalue weighted by Crippen LogP contribution is -2.09. The van der Waals surface area contributed by atoms with Gasteiger partial charge < -0.3 is 5.32 Å². The monoisotopic (exact) mass is 225 g/mol. The Morgan fingerprint density at radius 1 is 1.15 bits per heavy atom. The standard InChI is InChI=1S/C8H7Cl2F2N/c9-5-1-6(10)3-7(2-5)13-4-8(11)12/h1-3,8,13H,4H2. The van der Waals surface area contributed by atoms with Crippen LogP contribution in [0, 0.1) is 0 Å². The van der Waals surface area contributed by atoms with Crippen molar-refractivity contribution in [3.05, 3.63) is 28.2 Å². The lowest BCUT2D eigenvalue weighted by atomic mass is 10.3. The molecule has 0 amide bonds. The third-order valence-electron chi connectivity index (χ3n) is 1.32. The molecule has 0 aromatic heterocycles. The molecule has 0 aliphatic heterocycles. The predicted molar refractivity (Wildman–Crippen MR) is 51.0 cm³/mol. The average Bonchev–Trinajstić information content (AvgIpc) is 1.99. The van der Waals surface area contributed by atoms with Gasteiger partial charge in [-0.1, -0.05) is 23.2 Å². The number of halogens is 4. The first kappa shape index (κ1) is 10.5. The van der Waals surface area contributed by atoms with Crippen molar-refractivity contribution in [1.82, 2.24) is 0 Å². The van der Waals surface area contributed by atoms with Crippen LogP contribution in [0.1, 0.15) is 0 Å². The second-order valence-corrected chi connectivity index (χ2v) is 3.30. The SMILES string of the molecule is FC(F)CNc1cc(Cl)cc(Cl)c1. The third-order valence-corrected chi connectivity index (χ3v) is 1.76. The minimum atomic E-state index is -2.39. The Morgan fingerprint density at radius 2 is 1.69 bits per heavy atom. The van der Waals surface area contributed by atoms with E-state index in [-0.39, 0.29) is 0 Å². The van der Waals surface area contributed by atoms with Crippen LogP contribution in [0.5, 0.6) is 0 Å². The van der Waals surface area contributed by atoms with Crippen molar-refractivity contribution in [2.45, 2.75) is 6.43 Å². The molecule has 0 saturated heterocycles. The summed E-state index contributed by atoms with van der Waals surface area (Å²) < 4.78 is 23.6. The van der Waals surface area contributed by atoms with Crippen LogP contribution in [0.25, 0.3) is 0 Å². The summed E-state index contributed by atoms with van der Waals surface area (Å²) in [7, 11) is 0. The van der Waals surface area contributed by atoms with Crippen LogP contribution in [-0.4, -0.2) is 13.0 Å². The summed E-state index contributed by atoms with van der Waals surface area (Å²) in [6, 6.07) is 4.61. The van der Waals surface area contributed by atoms with Crippen molar-refractivity contribution in [1.29, 1.82) is 0 Å². The number of hydrogen-bond acceptors (Lipinski definition) is 1. The van der Waals surface area contributed by atoms with Gasteiger partial charge in [0.15, 0.2) is 0 Å². The average molecular weight is 226 g/mol. The van der Waals surface area contributed by atoms with Gasteiger partial charge in [-0.25, -0.2) is 8.78 Å². The third kappa shape index (κ3) is 3.79. The number of hydrogen-bond donors (Lipinski definition) is 1. The Kier molecular flexibility index (Phi) is 3.75. The van der Waals surface area contributed by atoms with E-state index in [2.05, 4.69) is 5.32 Å². The Hall–Kier alpha value is -0.540. The minimum Gasteiger partial charge on any atom is -0.379 e. The van der Waals surface area contributed by atoms with Crippen LogP contribution in [0.3, 0.4) is 0 Å². The molecule has 0 radical (unpaired) electrons. The van der Waals surface area contributed by atoms with Crippen molar-refractivity contribution in [2.24, 2.45) is 0 Å². The molecule has 0 atom stereocenters. The van der Waals surface area contributed by atoms with Crippen LogP contribution in [0.4, 0.5) is 14.5 Å². The molecule has 0 aliphatic rings. The lowest BCUT2D eigenvalue weighted by Gasteiger charge is -2.06. The maximum atomic E-state index is 11.8. The first-order valence-electron chi connectivity index (χ1n) is 3.56. The molecule has 5 heteroatoms. The zero-order chi connectivity index (χ0) is 9.84. The molecule has 0 bridgehead atoms. The molecular formula is C8H7Cl2F2N. The quantitative estimate of drug-likeness (QED) is 0.828. The van der Waals surface area contributed by atoms with E-state index in [0.717, 1.165) is 0 Å². The first-order valence-corrected chi connectivity index (χ1v) is 4.31. The van der Waals surface area contributed by atoms with E-state index in [4.69, 9.17) is 23.2 Å². The van der Waals surface area contributed by atoms with Crippen molar-refractivity contribution >= 4 is 28.9 Å². The van der Waals surface area contributed by atoms with E-state index >= 15 is 0 Å². The fraction of sp³-hybridized carbons (Fsp3) is 0.250. The number of benzene rings is 1. The summed E-state index contributed by atoms with van der Waals surface area (Å²) in [4.78, 5) is 0. The molecule has 1 aromatic rings. The van der Waals surface area contributed by atoms with Crippen molar-refractivity contribution < 1.29 is 8.78 Å². The van der Waals surface area contributed by atoms with Gasteiger partial charge in [-0.05, 0) is 18.2 Å². The van der Waals surface area contributed by atoms with E-state index < -0.39 is 13.0 Å². The molecule has 13 heavy (non-hydrogen) atoms. The molecule has 1 rings (SSSR count). The van der Waals surface area contributed by atoms with Gasteiger partial charge in [-0.2, -0.15) is 0 Å². The van der Waals surface area contributed by atoms with Crippen molar-refractivity contribution in [3.63, 3.8) is 0 Å². The molecular weight excluding hydrogens is 219 g/mol. The second kappa shape index (κ2) is 4.63. The van der Waals surface area contributed by atoms with Gasteiger partial charge in [-0.15, -0.1) is 0 Å². The maximum absolute atomic E-state index is 11.8. The van der Waals surface area contributed by atoms with Crippen LogP contribution in [0.2, 0.25) is 10.0 Å². The fourth-order valence-corrected chi connectivity index (χ4v) is 1.38. The van der Waals surface area contributed by atoms with Crippen molar-refractivity contribution in [3.8, 4) is 0 Å². The predicted octanol–water partition coefficient (Wildman–Crippen LogP) is 3.67. The van der Waals surface area contributed by atoms with E-state index in [1.807, 2.05) is 0 Å². The van der Waals surface area contributed by atoms with Gasteiger partial charge in [0.25, 0.3) is 6.43 Å². The number of alkyl halides is 2. The van der Waals surface area contributed by atoms with Crippen molar-refractivity contribution in [2.75, 3.05) is 11.9 Å². The number of anilines is 1. The molecule has 1 N–H and O–H groups in total. The topological polar surface area (TPSA) is 12.0 Å². The van der Waals surface area contributed by atoms with Gasteiger partial charge in [0.05, 0.1) is 6.54 Å². The molecule has 0 unspecified atom stereocenters. The van der Waals surface area contributed by atoms with E-state index in [1.54, 1.807) is 0 Å². The normalized spacial score (nSPS) is 10.5. The van der Waals surface area contributed by atoms with Crippen LogP contribution >= 0.6 is 23.2 Å². The highest BCUT2D eigenvalue weighted by atomic mass is 35.5. The summed E-state index contributed by atoms with van der Waals surface area (Å²) >= 11 is 11.3. The van der Waals surface area contributed by atoms with Gasteiger partial charge in [0.1, 0.15) is 0 Å². The Bertz CT molecular complexity index is 271. The summed E-state index contributed by atoms with van der Waals surface area (Å²) in [6.07, 6.45) is -2.39. The molecule has 0 saturated carbocycles. The zero-order valence-electron chi connectivity index (χ0n) is 6.53. The summed E-state index contributed by atoms with van der Waals surface area (Å²) in [5, 5.41) is 3.35. The van der Waals surface area contributed by atoms with Gasteiger partial charge >= 0.3 is 0 Å². The Labute approximate surface area is 84.6 Å². The van der Waals surface area contributed by atoms with Crippen LogP contribution in [-0.2, 0) is 0 Å². The fourth-order valence-electron chi connectivity index (χ4n) is 0.851. The highest BCUT2D eigenvalue weighted by Gasteiger charge is 2.02. The van der Waals surface area contributed by atoms with Crippen LogP contribution < -0.4 is 5.32 Å². The molecule has 72 valence electrons. The zero-order valence-corrected chi connectivity index (χ0v) is 8.04. The highest BCUT2D eigenvalue weighted by Crippen LogP contribution is 2.22. The number of rotatable bonds is 3. The minimum absolute atomic E-state index is 0.406. The van der Waals surface area contributed by atoms with E-state index in [9.17, 15) is 8.78 Å². The Balaban J connectivity index is 2.66. The molecule has 0 fully saturated rings. The lowest BCUT2D eigenvalue weighted by molar-refractivity contribution is 0.163. The summed E-state index contributed by atoms with van der Waals surface area (Å²) in [5.41, 5.74) is 0.498. The second-order valence-electron chi connectivity index (χ2n) is 2.43. The smallest absolute Gasteiger partial charge is 0.255 e. The highest BCUT2D eigenvalue weighted by molar-refractivity contribution is 6.35. The molecule has 0 spiro atoms. The molecule has 0 heterocycles. The van der Waals surface area contributed by atoms with Gasteiger partial charge in [0, 0.05) is 15.7 Å². The maximum Gasteiger partial charge on any atom is 0.255 e. The molecule has 1 aromatic carbocycles. The largest absolute Gasteiger partial charge is 0.379 e. The summed E-state index contributed by atoms with van der Waals surface area (Å²) in [5.74, 6) is 0. The van der Waals surface area contributed by atoms with Gasteiger partial charge in [-0.3, -0.25) is 0 Å². The first-order chi connectivity index (χ1) is 6.08. The number of nitrogens with one attached hydrogen (secondary N) is 1.